The van der Waals surface area contributed by atoms with E-state index in [1.165, 1.54) is 0 Å². The van der Waals surface area contributed by atoms with Crippen molar-refractivity contribution in [2.24, 2.45) is 0 Å². The van der Waals surface area contributed by atoms with Crippen molar-refractivity contribution in [3.05, 3.63) is 97.7 Å². The molecular weight excluding hydrogens is 431 g/mol. The molecule has 0 atom stereocenters. The normalized spacial score (nSPS) is 14.1. The zero-order chi connectivity index (χ0) is 20.5. The fourth-order valence-corrected chi connectivity index (χ4v) is 3.69. The molecule has 0 aliphatic carbocycles. The molecule has 1 aliphatic rings. The SMILES string of the molecule is Cc1c(OCc2c(Cl)cccc2Cl)ccc2c1O/C(=C\c1ccc(Cl)cc1)C2=O. The predicted octanol–water partition coefficient (Wildman–Crippen LogP) is 7.15. The van der Waals surface area contributed by atoms with E-state index in [0.717, 1.165) is 11.1 Å². The third kappa shape index (κ3) is 3.99. The first-order chi connectivity index (χ1) is 13.9. The number of hydrogen-bond acceptors (Lipinski definition) is 3. The Hall–Kier alpha value is -2.46. The highest BCUT2D eigenvalue weighted by Gasteiger charge is 2.30. The lowest BCUT2D eigenvalue weighted by Crippen LogP contribution is -2.00. The molecule has 0 fully saturated rings. The van der Waals surface area contributed by atoms with Gasteiger partial charge in [-0.2, -0.15) is 0 Å². The Kier molecular flexibility index (Phi) is 5.55. The molecule has 0 saturated carbocycles. The van der Waals surface area contributed by atoms with Crippen LogP contribution in [0.1, 0.15) is 27.0 Å². The smallest absolute Gasteiger partial charge is 0.231 e. The minimum absolute atomic E-state index is 0.168. The van der Waals surface area contributed by atoms with Gasteiger partial charge in [0.2, 0.25) is 5.78 Å². The third-order valence-electron chi connectivity index (χ3n) is 4.64. The van der Waals surface area contributed by atoms with Gasteiger partial charge in [0.25, 0.3) is 0 Å². The molecule has 3 aromatic rings. The molecule has 29 heavy (non-hydrogen) atoms. The van der Waals surface area contributed by atoms with Crippen LogP contribution >= 0.6 is 34.8 Å². The van der Waals surface area contributed by atoms with Crippen molar-refractivity contribution in [2.75, 3.05) is 0 Å². The lowest BCUT2D eigenvalue weighted by atomic mass is 10.1. The number of ketones is 1. The molecular formula is C23H15Cl3O3. The molecule has 0 amide bonds. The molecule has 0 unspecified atom stereocenters. The van der Waals surface area contributed by atoms with E-state index >= 15 is 0 Å². The minimum Gasteiger partial charge on any atom is -0.488 e. The second-order valence-electron chi connectivity index (χ2n) is 6.55. The average molecular weight is 446 g/mol. The number of carbonyl (C=O) groups is 1. The van der Waals surface area contributed by atoms with Gasteiger partial charge < -0.3 is 9.47 Å². The molecule has 0 bridgehead atoms. The fourth-order valence-electron chi connectivity index (χ4n) is 3.05. The summed E-state index contributed by atoms with van der Waals surface area (Å²) < 4.78 is 11.8. The number of carbonyl (C=O) groups excluding carboxylic acids is 1. The van der Waals surface area contributed by atoms with Crippen LogP contribution in [0.25, 0.3) is 6.08 Å². The zero-order valence-electron chi connectivity index (χ0n) is 15.3. The van der Waals surface area contributed by atoms with Crippen molar-refractivity contribution in [3.63, 3.8) is 0 Å². The number of benzene rings is 3. The van der Waals surface area contributed by atoms with Gasteiger partial charge in [0.05, 0.1) is 5.56 Å². The van der Waals surface area contributed by atoms with E-state index in [1.54, 1.807) is 48.5 Å². The van der Waals surface area contributed by atoms with Gasteiger partial charge in [-0.05, 0) is 55.0 Å². The fraction of sp³-hybridized carbons (Fsp3) is 0.0870. The van der Waals surface area contributed by atoms with Gasteiger partial charge in [0.1, 0.15) is 18.1 Å². The number of hydrogen-bond donors (Lipinski definition) is 0. The maximum atomic E-state index is 12.7. The van der Waals surface area contributed by atoms with E-state index < -0.39 is 0 Å². The summed E-state index contributed by atoms with van der Waals surface area (Å²) >= 11 is 18.3. The molecule has 0 radical (unpaired) electrons. The van der Waals surface area contributed by atoms with Gasteiger partial charge in [-0.1, -0.05) is 53.0 Å². The molecule has 146 valence electrons. The largest absolute Gasteiger partial charge is 0.488 e. The molecule has 3 nitrogen and oxygen atoms in total. The summed E-state index contributed by atoms with van der Waals surface area (Å²) in [4.78, 5) is 12.7. The van der Waals surface area contributed by atoms with E-state index in [0.29, 0.717) is 37.7 Å². The Morgan fingerprint density at radius 3 is 2.34 bits per heavy atom. The molecule has 4 rings (SSSR count). The van der Waals surface area contributed by atoms with Crippen LogP contribution < -0.4 is 9.47 Å². The van der Waals surface area contributed by atoms with Gasteiger partial charge in [-0.15, -0.1) is 0 Å². The van der Waals surface area contributed by atoms with Gasteiger partial charge in [-0.3, -0.25) is 4.79 Å². The van der Waals surface area contributed by atoms with E-state index in [4.69, 9.17) is 44.3 Å². The van der Waals surface area contributed by atoms with Crippen molar-refractivity contribution in [2.45, 2.75) is 13.5 Å². The predicted molar refractivity (Wildman–Crippen MR) is 116 cm³/mol. The van der Waals surface area contributed by atoms with Crippen LogP contribution in [0.5, 0.6) is 11.5 Å². The monoisotopic (exact) mass is 444 g/mol. The molecule has 1 aliphatic heterocycles. The van der Waals surface area contributed by atoms with Crippen LogP contribution in [0, 0.1) is 6.92 Å². The topological polar surface area (TPSA) is 35.5 Å². The molecule has 1 heterocycles. The Bertz CT molecular complexity index is 1110. The van der Waals surface area contributed by atoms with Crippen molar-refractivity contribution in [3.8, 4) is 11.5 Å². The summed E-state index contributed by atoms with van der Waals surface area (Å²) in [7, 11) is 0. The summed E-state index contributed by atoms with van der Waals surface area (Å²) in [5, 5.41) is 1.71. The lowest BCUT2D eigenvalue weighted by molar-refractivity contribution is 0.101. The number of ether oxygens (including phenoxy) is 2. The first-order valence-electron chi connectivity index (χ1n) is 8.83. The molecule has 0 N–H and O–H groups in total. The number of rotatable bonds is 4. The molecule has 6 heteroatoms. The van der Waals surface area contributed by atoms with Crippen LogP contribution in [-0.4, -0.2) is 5.78 Å². The summed E-state index contributed by atoms with van der Waals surface area (Å²) in [6.45, 7) is 2.06. The summed E-state index contributed by atoms with van der Waals surface area (Å²) in [6.07, 6.45) is 1.70. The second kappa shape index (κ2) is 8.11. The van der Waals surface area contributed by atoms with Crippen LogP contribution in [-0.2, 0) is 6.61 Å². The molecule has 0 spiro atoms. The standard InChI is InChI=1S/C23H15Cl3O3/c1-13-20(28-12-17-18(25)3-2-4-19(17)26)10-9-16-22(27)21(29-23(13)16)11-14-5-7-15(24)8-6-14/h2-11H,12H2,1H3/b21-11-. The van der Waals surface area contributed by atoms with E-state index in [1.807, 2.05) is 19.1 Å². The average Bonchev–Trinajstić information content (AvgIpc) is 3.01. The van der Waals surface area contributed by atoms with Gasteiger partial charge in [0.15, 0.2) is 5.76 Å². The Morgan fingerprint density at radius 2 is 1.66 bits per heavy atom. The van der Waals surface area contributed by atoms with Crippen LogP contribution in [0.3, 0.4) is 0 Å². The molecule has 3 aromatic carbocycles. The highest BCUT2D eigenvalue weighted by Crippen LogP contribution is 2.40. The first kappa shape index (κ1) is 19.8. The number of fused-ring (bicyclic) bond motifs is 1. The maximum Gasteiger partial charge on any atom is 0.231 e. The number of allylic oxidation sites excluding steroid dienone is 1. The quantitative estimate of drug-likeness (QED) is 0.400. The molecule has 0 saturated heterocycles. The summed E-state index contributed by atoms with van der Waals surface area (Å²) in [5.41, 5.74) is 2.77. The highest BCUT2D eigenvalue weighted by atomic mass is 35.5. The highest BCUT2D eigenvalue weighted by molar-refractivity contribution is 6.36. The molecule has 0 aromatic heterocycles. The van der Waals surface area contributed by atoms with E-state index in [2.05, 4.69) is 0 Å². The van der Waals surface area contributed by atoms with Crippen LogP contribution in [0.4, 0.5) is 0 Å². The van der Waals surface area contributed by atoms with Crippen molar-refractivity contribution < 1.29 is 14.3 Å². The number of halogens is 3. The van der Waals surface area contributed by atoms with Crippen molar-refractivity contribution >= 4 is 46.7 Å². The Labute approximate surface area is 183 Å². The minimum atomic E-state index is -0.168. The second-order valence-corrected chi connectivity index (χ2v) is 7.80. The Balaban J connectivity index is 1.59. The van der Waals surface area contributed by atoms with Gasteiger partial charge in [0, 0.05) is 26.2 Å². The maximum absolute atomic E-state index is 12.7. The van der Waals surface area contributed by atoms with E-state index in [9.17, 15) is 4.79 Å². The number of Topliss-reactive ketones (excluding diaryl/α,β-unsaturated/α-hetero) is 1. The first-order valence-corrected chi connectivity index (χ1v) is 9.96. The summed E-state index contributed by atoms with van der Waals surface area (Å²) in [6, 6.07) is 15.9. The van der Waals surface area contributed by atoms with Gasteiger partial charge in [-0.25, -0.2) is 0 Å². The zero-order valence-corrected chi connectivity index (χ0v) is 17.6. The van der Waals surface area contributed by atoms with Gasteiger partial charge >= 0.3 is 0 Å². The lowest BCUT2D eigenvalue weighted by Gasteiger charge is -2.13. The van der Waals surface area contributed by atoms with Crippen molar-refractivity contribution in [1.82, 2.24) is 0 Å². The van der Waals surface area contributed by atoms with Crippen LogP contribution in [0.2, 0.25) is 15.1 Å². The van der Waals surface area contributed by atoms with Crippen molar-refractivity contribution in [1.29, 1.82) is 0 Å². The summed E-state index contributed by atoms with van der Waals surface area (Å²) in [5.74, 6) is 1.19. The van der Waals surface area contributed by atoms with E-state index in [-0.39, 0.29) is 18.1 Å². The van der Waals surface area contributed by atoms with Crippen LogP contribution in [0.15, 0.2) is 60.4 Å². The third-order valence-corrected chi connectivity index (χ3v) is 5.60. The Morgan fingerprint density at radius 1 is 0.966 bits per heavy atom.